The molecular formula is C22H27ClN2OSi. The highest BCUT2D eigenvalue weighted by Crippen LogP contribution is 2.40. The first-order valence-corrected chi connectivity index (χ1v) is 12.5. The molecule has 1 heterocycles. The highest BCUT2D eigenvalue weighted by Gasteiger charge is 2.39. The second kappa shape index (κ2) is 7.53. The summed E-state index contributed by atoms with van der Waals surface area (Å²) in [6.07, 6.45) is 2.00. The van der Waals surface area contributed by atoms with Gasteiger partial charge in [-0.3, -0.25) is 4.68 Å². The van der Waals surface area contributed by atoms with Gasteiger partial charge >= 0.3 is 0 Å². The Labute approximate surface area is 168 Å². The Balaban J connectivity index is 1.92. The molecule has 0 aliphatic rings. The minimum absolute atomic E-state index is 0.122. The van der Waals surface area contributed by atoms with Crippen molar-refractivity contribution in [2.24, 2.45) is 0 Å². The van der Waals surface area contributed by atoms with E-state index in [0.717, 1.165) is 23.6 Å². The average molecular weight is 399 g/mol. The highest BCUT2D eigenvalue weighted by molar-refractivity contribution is 6.74. The summed E-state index contributed by atoms with van der Waals surface area (Å²) < 4.78 is 8.51. The summed E-state index contributed by atoms with van der Waals surface area (Å²) in [7, 11) is -1.96. The van der Waals surface area contributed by atoms with E-state index in [0.29, 0.717) is 5.02 Å². The third-order valence-electron chi connectivity index (χ3n) is 5.22. The maximum atomic E-state index is 6.57. The first-order valence-electron chi connectivity index (χ1n) is 9.22. The van der Waals surface area contributed by atoms with E-state index in [-0.39, 0.29) is 5.04 Å². The summed E-state index contributed by atoms with van der Waals surface area (Å²) in [5.41, 5.74) is 3.04. The Morgan fingerprint density at radius 1 is 1.04 bits per heavy atom. The molecule has 3 nitrogen and oxygen atoms in total. The normalized spacial score (nSPS) is 12.2. The third-order valence-corrected chi connectivity index (χ3v) is 9.79. The van der Waals surface area contributed by atoms with Crippen molar-refractivity contribution in [1.82, 2.24) is 9.78 Å². The van der Waals surface area contributed by atoms with Gasteiger partial charge in [0.15, 0.2) is 0 Å². The maximum absolute atomic E-state index is 6.57. The molecule has 142 valence electrons. The molecule has 2 aromatic carbocycles. The Morgan fingerprint density at radius 3 is 2.41 bits per heavy atom. The lowest BCUT2D eigenvalue weighted by Gasteiger charge is -2.37. The molecule has 0 unspecified atom stereocenters. The molecule has 0 N–H and O–H groups in total. The van der Waals surface area contributed by atoms with Crippen LogP contribution in [0.5, 0.6) is 5.75 Å². The van der Waals surface area contributed by atoms with Crippen molar-refractivity contribution in [3.8, 4) is 17.0 Å². The molecule has 1 aromatic heterocycles. The molecule has 0 atom stereocenters. The quantitative estimate of drug-likeness (QED) is 0.450. The fourth-order valence-electron chi connectivity index (χ4n) is 2.58. The van der Waals surface area contributed by atoms with Gasteiger partial charge in [0.05, 0.1) is 12.2 Å². The molecule has 0 aliphatic heterocycles. The molecule has 5 heteroatoms. The van der Waals surface area contributed by atoms with E-state index in [4.69, 9.17) is 21.1 Å². The van der Waals surface area contributed by atoms with E-state index in [1.54, 1.807) is 0 Å². The summed E-state index contributed by atoms with van der Waals surface area (Å²) in [4.78, 5) is 0. The summed E-state index contributed by atoms with van der Waals surface area (Å²) in [5, 5.41) is 5.57. The molecular weight excluding hydrogens is 372 g/mol. The summed E-state index contributed by atoms with van der Waals surface area (Å²) in [5.74, 6) is 0.857. The minimum atomic E-state index is -1.96. The zero-order valence-electron chi connectivity index (χ0n) is 16.7. The Morgan fingerprint density at radius 2 is 1.74 bits per heavy atom. The van der Waals surface area contributed by atoms with Crippen LogP contribution in [0.25, 0.3) is 11.3 Å². The van der Waals surface area contributed by atoms with Crippen LogP contribution in [0.4, 0.5) is 0 Å². The fourth-order valence-corrected chi connectivity index (χ4v) is 3.79. The topological polar surface area (TPSA) is 27.1 Å². The van der Waals surface area contributed by atoms with Crippen molar-refractivity contribution >= 4 is 19.9 Å². The van der Waals surface area contributed by atoms with Gasteiger partial charge in [0.1, 0.15) is 5.75 Å². The Hall–Kier alpha value is -2.04. The van der Waals surface area contributed by atoms with Crippen molar-refractivity contribution in [3.63, 3.8) is 0 Å². The van der Waals surface area contributed by atoms with Gasteiger partial charge in [-0.1, -0.05) is 62.7 Å². The third kappa shape index (κ3) is 4.63. The number of aromatic nitrogens is 2. The predicted molar refractivity (Wildman–Crippen MR) is 116 cm³/mol. The number of halogens is 1. The molecule has 0 radical (unpaired) electrons. The average Bonchev–Trinajstić information content (AvgIpc) is 3.04. The summed E-state index contributed by atoms with van der Waals surface area (Å²) in [6, 6.07) is 18.1. The first-order chi connectivity index (χ1) is 12.7. The van der Waals surface area contributed by atoms with Crippen molar-refractivity contribution in [2.75, 3.05) is 0 Å². The van der Waals surface area contributed by atoms with Crippen LogP contribution in [0.15, 0.2) is 60.8 Å². The summed E-state index contributed by atoms with van der Waals surface area (Å²) >= 11 is 6.29. The first kappa shape index (κ1) is 19.7. The van der Waals surface area contributed by atoms with Crippen molar-refractivity contribution in [2.45, 2.75) is 45.4 Å². The molecule has 0 fully saturated rings. The van der Waals surface area contributed by atoms with Crippen LogP contribution in [-0.2, 0) is 6.54 Å². The van der Waals surface area contributed by atoms with Gasteiger partial charge in [0, 0.05) is 16.8 Å². The zero-order chi connectivity index (χ0) is 19.7. The summed E-state index contributed by atoms with van der Waals surface area (Å²) in [6.45, 7) is 12.0. The van der Waals surface area contributed by atoms with Crippen LogP contribution < -0.4 is 4.43 Å². The van der Waals surface area contributed by atoms with E-state index >= 15 is 0 Å². The van der Waals surface area contributed by atoms with E-state index < -0.39 is 8.32 Å². The predicted octanol–water partition coefficient (Wildman–Crippen LogP) is 6.64. The highest BCUT2D eigenvalue weighted by atomic mass is 35.5. The molecule has 0 bridgehead atoms. The van der Waals surface area contributed by atoms with Crippen molar-refractivity contribution in [3.05, 3.63) is 71.4 Å². The van der Waals surface area contributed by atoms with E-state index in [2.05, 4.69) is 46.0 Å². The Bertz CT molecular complexity index is 914. The van der Waals surface area contributed by atoms with Gasteiger partial charge in [-0.25, -0.2) is 0 Å². The molecule has 0 aliphatic carbocycles. The lowest BCUT2D eigenvalue weighted by molar-refractivity contribution is 0.493. The number of nitrogens with zero attached hydrogens (tertiary/aromatic N) is 2. The standard InChI is InChI=1S/C22H27ClN2OSi/c1-22(2,3)27(4,5)26-21-12-11-18(23)15-19(21)20-13-14-25(24-20)16-17-9-7-6-8-10-17/h6-15H,16H2,1-5H3. The Kier molecular flexibility index (Phi) is 5.49. The van der Waals surface area contributed by atoms with Gasteiger partial charge in [-0.05, 0) is 48.0 Å². The molecule has 27 heavy (non-hydrogen) atoms. The molecule has 0 saturated heterocycles. The monoisotopic (exact) mass is 398 g/mol. The SMILES string of the molecule is CC(C)(C)[Si](C)(C)Oc1ccc(Cl)cc1-c1ccn(Cc2ccccc2)n1. The van der Waals surface area contributed by atoms with Gasteiger partial charge in [0.25, 0.3) is 8.32 Å². The van der Waals surface area contributed by atoms with E-state index in [9.17, 15) is 0 Å². The maximum Gasteiger partial charge on any atom is 0.250 e. The molecule has 3 rings (SSSR count). The van der Waals surface area contributed by atoms with E-state index in [1.807, 2.05) is 53.3 Å². The number of hydrogen-bond acceptors (Lipinski definition) is 2. The molecule has 0 saturated carbocycles. The van der Waals surface area contributed by atoms with Crippen LogP contribution in [0, 0.1) is 0 Å². The van der Waals surface area contributed by atoms with Crippen LogP contribution in [-0.4, -0.2) is 18.1 Å². The van der Waals surface area contributed by atoms with Crippen LogP contribution >= 0.6 is 11.6 Å². The van der Waals surface area contributed by atoms with Gasteiger partial charge in [0.2, 0.25) is 0 Å². The lowest BCUT2D eigenvalue weighted by atomic mass is 10.1. The zero-order valence-corrected chi connectivity index (χ0v) is 18.4. The van der Waals surface area contributed by atoms with Crippen LogP contribution in [0.2, 0.25) is 23.2 Å². The van der Waals surface area contributed by atoms with Crippen molar-refractivity contribution < 1.29 is 4.43 Å². The largest absolute Gasteiger partial charge is 0.543 e. The molecule has 3 aromatic rings. The van der Waals surface area contributed by atoms with Gasteiger partial charge in [-0.2, -0.15) is 5.10 Å². The lowest BCUT2D eigenvalue weighted by Crippen LogP contribution is -2.44. The van der Waals surface area contributed by atoms with Crippen molar-refractivity contribution in [1.29, 1.82) is 0 Å². The molecule has 0 amide bonds. The fraction of sp³-hybridized carbons (Fsp3) is 0.318. The second-order valence-corrected chi connectivity index (χ2v) is 13.5. The van der Waals surface area contributed by atoms with E-state index in [1.165, 1.54) is 5.56 Å². The smallest absolute Gasteiger partial charge is 0.250 e. The molecule has 0 spiro atoms. The number of rotatable bonds is 5. The van der Waals surface area contributed by atoms with Gasteiger partial charge in [-0.15, -0.1) is 0 Å². The van der Waals surface area contributed by atoms with Crippen LogP contribution in [0.3, 0.4) is 0 Å². The van der Waals surface area contributed by atoms with Gasteiger partial charge < -0.3 is 4.43 Å². The number of benzene rings is 2. The van der Waals surface area contributed by atoms with Crippen LogP contribution in [0.1, 0.15) is 26.3 Å². The minimum Gasteiger partial charge on any atom is -0.543 e. The second-order valence-electron chi connectivity index (χ2n) is 8.39. The number of hydrogen-bond donors (Lipinski definition) is 0.